The summed E-state index contributed by atoms with van der Waals surface area (Å²) in [5.74, 6) is -1.60. The van der Waals surface area contributed by atoms with Crippen LogP contribution in [0.1, 0.15) is 10.4 Å². The van der Waals surface area contributed by atoms with Gasteiger partial charge in [-0.3, -0.25) is 9.69 Å². The Morgan fingerprint density at radius 3 is 2.80 bits per heavy atom. The molecule has 1 fully saturated rings. The number of carboxylic acid groups (broad SMARTS) is 1. The van der Waals surface area contributed by atoms with E-state index in [-0.39, 0.29) is 29.4 Å². The molecule has 1 saturated heterocycles. The van der Waals surface area contributed by atoms with Gasteiger partial charge in [-0.25, -0.2) is 9.59 Å². The van der Waals surface area contributed by atoms with E-state index in [1.54, 1.807) is 0 Å². The number of cyclic esters (lactones) is 1. The molecule has 7 nitrogen and oxygen atoms in total. The van der Waals surface area contributed by atoms with Crippen LogP contribution in [0.4, 0.5) is 10.5 Å². The molecule has 0 bridgehead atoms. The Balaban J connectivity index is 2.05. The van der Waals surface area contributed by atoms with Crippen LogP contribution in [0.2, 0.25) is 5.02 Å². The van der Waals surface area contributed by atoms with E-state index in [1.807, 2.05) is 0 Å². The molecule has 1 aliphatic heterocycles. The summed E-state index contributed by atoms with van der Waals surface area (Å²) >= 11 is 5.88. The molecule has 1 aromatic carbocycles. The molecule has 20 heavy (non-hydrogen) atoms. The maximum atomic E-state index is 11.8. The monoisotopic (exact) mass is 298 g/mol. The van der Waals surface area contributed by atoms with Crippen LogP contribution in [0.5, 0.6) is 0 Å². The zero-order chi connectivity index (χ0) is 14.7. The number of hydrogen-bond donors (Lipinski definition) is 2. The summed E-state index contributed by atoms with van der Waals surface area (Å²) in [5, 5.41) is 11.6. The molecule has 2 amide bonds. The first-order chi connectivity index (χ1) is 9.47. The third-order valence-corrected chi connectivity index (χ3v) is 3.00. The lowest BCUT2D eigenvalue weighted by molar-refractivity contribution is -0.116. The summed E-state index contributed by atoms with van der Waals surface area (Å²) in [7, 11) is 0. The van der Waals surface area contributed by atoms with E-state index < -0.39 is 18.0 Å². The Hall–Kier alpha value is -2.28. The van der Waals surface area contributed by atoms with Crippen LogP contribution in [0.3, 0.4) is 0 Å². The zero-order valence-electron chi connectivity index (χ0n) is 10.3. The smallest absolute Gasteiger partial charge is 0.410 e. The molecule has 0 spiro atoms. The second-order valence-corrected chi connectivity index (χ2v) is 4.49. The largest absolute Gasteiger partial charge is 0.478 e. The number of aromatic carboxylic acids is 1. The molecule has 1 heterocycles. The second kappa shape index (κ2) is 5.79. The molecule has 2 N–H and O–H groups in total. The van der Waals surface area contributed by atoms with Gasteiger partial charge in [0, 0.05) is 0 Å². The number of ether oxygens (including phenoxy) is 1. The first-order valence-electron chi connectivity index (χ1n) is 5.72. The third kappa shape index (κ3) is 3.18. The number of carbonyl (C=O) groups is 3. The van der Waals surface area contributed by atoms with Gasteiger partial charge in [-0.15, -0.1) is 0 Å². The van der Waals surface area contributed by atoms with Crippen molar-refractivity contribution >= 4 is 35.3 Å². The lowest BCUT2D eigenvalue weighted by atomic mass is 10.2. The molecule has 0 unspecified atom stereocenters. The highest BCUT2D eigenvalue weighted by molar-refractivity contribution is 6.33. The quantitative estimate of drug-likeness (QED) is 0.876. The predicted octanol–water partition coefficient (Wildman–Crippen LogP) is 1.43. The van der Waals surface area contributed by atoms with Crippen molar-refractivity contribution in [1.29, 1.82) is 0 Å². The summed E-state index contributed by atoms with van der Waals surface area (Å²) in [6, 6.07) is 3.97. The summed E-state index contributed by atoms with van der Waals surface area (Å²) in [6.45, 7) is 0.420. The molecule has 8 heteroatoms. The number of nitrogens with one attached hydrogen (secondary N) is 1. The number of benzene rings is 1. The van der Waals surface area contributed by atoms with E-state index in [9.17, 15) is 14.4 Å². The van der Waals surface area contributed by atoms with Gasteiger partial charge < -0.3 is 15.2 Å². The van der Waals surface area contributed by atoms with E-state index in [0.717, 1.165) is 0 Å². The first kappa shape index (κ1) is 14.1. The molecule has 0 saturated carbocycles. The molecule has 0 radical (unpaired) electrons. The van der Waals surface area contributed by atoms with E-state index in [0.29, 0.717) is 6.54 Å². The number of nitrogens with zero attached hydrogens (tertiary/aromatic N) is 1. The maximum Gasteiger partial charge on any atom is 0.410 e. The Morgan fingerprint density at radius 2 is 2.20 bits per heavy atom. The fourth-order valence-corrected chi connectivity index (χ4v) is 1.85. The van der Waals surface area contributed by atoms with E-state index in [4.69, 9.17) is 21.4 Å². The molecular weight excluding hydrogens is 288 g/mol. The van der Waals surface area contributed by atoms with E-state index in [1.165, 1.54) is 23.1 Å². The number of carbonyl (C=O) groups excluding carboxylic acids is 2. The van der Waals surface area contributed by atoms with Crippen LogP contribution in [-0.4, -0.2) is 47.7 Å². The number of anilines is 1. The fraction of sp³-hybridized carbons (Fsp3) is 0.250. The molecule has 0 atom stereocenters. The summed E-state index contributed by atoms with van der Waals surface area (Å²) in [6.07, 6.45) is -0.550. The SMILES string of the molecule is O=C(CN1CCOC1=O)Nc1cc(C(=O)O)ccc1Cl. The molecular formula is C12H11ClN2O5. The predicted molar refractivity (Wildman–Crippen MR) is 70.0 cm³/mol. The minimum absolute atomic E-state index is 0.00489. The third-order valence-electron chi connectivity index (χ3n) is 2.67. The lowest BCUT2D eigenvalue weighted by Gasteiger charge is -2.13. The highest BCUT2D eigenvalue weighted by Gasteiger charge is 2.24. The molecule has 0 aromatic heterocycles. The van der Waals surface area contributed by atoms with Crippen molar-refractivity contribution in [2.24, 2.45) is 0 Å². The van der Waals surface area contributed by atoms with Crippen LogP contribution < -0.4 is 5.32 Å². The highest BCUT2D eigenvalue weighted by atomic mass is 35.5. The van der Waals surface area contributed by atoms with Crippen LogP contribution in [0, 0.1) is 0 Å². The summed E-state index contributed by atoms with van der Waals surface area (Å²) in [4.78, 5) is 35.1. The van der Waals surface area contributed by atoms with E-state index in [2.05, 4.69) is 5.32 Å². The van der Waals surface area contributed by atoms with Crippen molar-refractivity contribution in [2.75, 3.05) is 25.0 Å². The first-order valence-corrected chi connectivity index (χ1v) is 6.09. The van der Waals surface area contributed by atoms with Gasteiger partial charge >= 0.3 is 12.1 Å². The second-order valence-electron chi connectivity index (χ2n) is 4.08. The van der Waals surface area contributed by atoms with Gasteiger partial charge in [0.05, 0.1) is 22.8 Å². The van der Waals surface area contributed by atoms with Crippen LogP contribution in [0.15, 0.2) is 18.2 Å². The average molecular weight is 299 g/mol. The summed E-state index contributed by atoms with van der Waals surface area (Å²) in [5.41, 5.74) is 0.189. The molecule has 0 aliphatic carbocycles. The zero-order valence-corrected chi connectivity index (χ0v) is 11.0. The maximum absolute atomic E-state index is 11.8. The van der Waals surface area contributed by atoms with Gasteiger partial charge in [0.25, 0.3) is 0 Å². The van der Waals surface area contributed by atoms with Crippen molar-refractivity contribution < 1.29 is 24.2 Å². The average Bonchev–Trinajstić information content (AvgIpc) is 2.77. The van der Waals surface area contributed by atoms with Crippen molar-refractivity contribution in [3.05, 3.63) is 28.8 Å². The van der Waals surface area contributed by atoms with Gasteiger partial charge in [0.15, 0.2) is 0 Å². The van der Waals surface area contributed by atoms with Crippen molar-refractivity contribution in [2.45, 2.75) is 0 Å². The molecule has 106 valence electrons. The minimum atomic E-state index is -1.12. The molecule has 2 rings (SSSR count). The molecule has 1 aliphatic rings. The van der Waals surface area contributed by atoms with Gasteiger partial charge in [0.1, 0.15) is 13.2 Å². The van der Waals surface area contributed by atoms with Crippen molar-refractivity contribution in [3.8, 4) is 0 Å². The number of rotatable bonds is 4. The Labute approximate surface area is 119 Å². The standard InChI is InChI=1S/C12H11ClN2O5/c13-8-2-1-7(11(17)18)5-9(8)14-10(16)6-15-3-4-20-12(15)19/h1-2,5H,3-4,6H2,(H,14,16)(H,17,18). The topological polar surface area (TPSA) is 95.9 Å². The highest BCUT2D eigenvalue weighted by Crippen LogP contribution is 2.23. The van der Waals surface area contributed by atoms with Crippen molar-refractivity contribution in [3.63, 3.8) is 0 Å². The Kier molecular flexibility index (Phi) is 4.09. The van der Waals surface area contributed by atoms with Gasteiger partial charge in [-0.05, 0) is 18.2 Å². The number of hydrogen-bond acceptors (Lipinski definition) is 4. The number of halogens is 1. The van der Waals surface area contributed by atoms with Gasteiger partial charge in [0.2, 0.25) is 5.91 Å². The minimum Gasteiger partial charge on any atom is -0.478 e. The van der Waals surface area contributed by atoms with Crippen LogP contribution >= 0.6 is 11.6 Å². The van der Waals surface area contributed by atoms with Crippen LogP contribution in [0.25, 0.3) is 0 Å². The van der Waals surface area contributed by atoms with Gasteiger partial charge in [-0.1, -0.05) is 11.6 Å². The number of amides is 2. The van der Waals surface area contributed by atoms with Crippen LogP contribution in [-0.2, 0) is 9.53 Å². The lowest BCUT2D eigenvalue weighted by Crippen LogP contribution is -2.33. The normalized spacial score (nSPS) is 14.1. The summed E-state index contributed by atoms with van der Waals surface area (Å²) < 4.78 is 4.69. The van der Waals surface area contributed by atoms with Gasteiger partial charge in [-0.2, -0.15) is 0 Å². The van der Waals surface area contributed by atoms with E-state index >= 15 is 0 Å². The fourth-order valence-electron chi connectivity index (χ4n) is 1.69. The van der Waals surface area contributed by atoms with Crippen molar-refractivity contribution in [1.82, 2.24) is 4.90 Å². The Bertz CT molecular complexity index is 575. The Morgan fingerprint density at radius 1 is 1.45 bits per heavy atom. The molecule has 1 aromatic rings. The number of carboxylic acids is 1.